The number of nitrogens with two attached hydrogens (primary N) is 1. The summed E-state index contributed by atoms with van der Waals surface area (Å²) in [5.41, 5.74) is 7.07. The Bertz CT molecular complexity index is 399. The molecule has 0 saturated carbocycles. The van der Waals surface area contributed by atoms with Gasteiger partial charge >= 0.3 is 0 Å². The quantitative estimate of drug-likeness (QED) is 0.314. The summed E-state index contributed by atoms with van der Waals surface area (Å²) in [5.74, 6) is 0.171. The van der Waals surface area contributed by atoms with Crippen molar-refractivity contribution in [2.75, 3.05) is 5.32 Å². The molecule has 0 bridgehead atoms. The predicted octanol–water partition coefficient (Wildman–Crippen LogP) is 1.71. The number of hydrogen-bond acceptors (Lipinski definition) is 3. The second kappa shape index (κ2) is 6.52. The number of nitrogens with zero attached hydrogens (tertiary/aromatic N) is 1. The Hall–Kier alpha value is -2.04. The third-order valence-electron chi connectivity index (χ3n) is 2.23. The van der Waals surface area contributed by atoms with Crippen LogP contribution in [0.3, 0.4) is 0 Å². The lowest BCUT2D eigenvalue weighted by Crippen LogP contribution is -2.14. The molecule has 1 amide bonds. The summed E-state index contributed by atoms with van der Waals surface area (Å²) in [6.45, 7) is 1.96. The van der Waals surface area contributed by atoms with Gasteiger partial charge in [0, 0.05) is 18.5 Å². The van der Waals surface area contributed by atoms with Gasteiger partial charge in [-0.2, -0.15) is 0 Å². The maximum Gasteiger partial charge on any atom is 0.224 e. The first-order valence-electron chi connectivity index (χ1n) is 5.51. The summed E-state index contributed by atoms with van der Waals surface area (Å²) in [4.78, 5) is 11.3. The van der Waals surface area contributed by atoms with Crippen molar-refractivity contribution in [2.45, 2.75) is 26.2 Å². The van der Waals surface area contributed by atoms with E-state index in [1.165, 1.54) is 0 Å². The molecular weight excluding hydrogens is 218 g/mol. The van der Waals surface area contributed by atoms with Crippen LogP contribution >= 0.6 is 0 Å². The molecule has 0 spiro atoms. The van der Waals surface area contributed by atoms with Crippen molar-refractivity contribution >= 4 is 17.4 Å². The fourth-order valence-electron chi connectivity index (χ4n) is 1.40. The minimum atomic E-state index is 0.0108. The third kappa shape index (κ3) is 4.55. The van der Waals surface area contributed by atoms with Crippen molar-refractivity contribution in [1.29, 1.82) is 0 Å². The highest BCUT2D eigenvalue weighted by atomic mass is 16.4. The second-order valence-corrected chi connectivity index (χ2v) is 3.76. The summed E-state index contributed by atoms with van der Waals surface area (Å²) in [6, 6.07) is 7.26. The van der Waals surface area contributed by atoms with E-state index in [0.29, 0.717) is 12.8 Å². The van der Waals surface area contributed by atoms with Gasteiger partial charge < -0.3 is 16.3 Å². The van der Waals surface area contributed by atoms with Gasteiger partial charge in [-0.25, -0.2) is 0 Å². The van der Waals surface area contributed by atoms with E-state index >= 15 is 0 Å². The lowest BCUT2D eigenvalue weighted by atomic mass is 10.1. The normalized spacial score (nSPS) is 11.2. The zero-order valence-electron chi connectivity index (χ0n) is 9.81. The lowest BCUT2D eigenvalue weighted by Gasteiger charge is -2.05. The van der Waals surface area contributed by atoms with Gasteiger partial charge in [0.25, 0.3) is 0 Å². The van der Waals surface area contributed by atoms with E-state index in [-0.39, 0.29) is 11.7 Å². The first-order valence-corrected chi connectivity index (χ1v) is 5.51. The van der Waals surface area contributed by atoms with Gasteiger partial charge in [-0.1, -0.05) is 24.2 Å². The molecule has 5 heteroatoms. The third-order valence-corrected chi connectivity index (χ3v) is 2.23. The number of anilines is 1. The molecule has 1 rings (SSSR count). The summed E-state index contributed by atoms with van der Waals surface area (Å²) < 4.78 is 0. The van der Waals surface area contributed by atoms with E-state index in [9.17, 15) is 4.79 Å². The molecule has 1 aromatic carbocycles. The summed E-state index contributed by atoms with van der Waals surface area (Å²) >= 11 is 0. The zero-order chi connectivity index (χ0) is 12.7. The molecule has 5 nitrogen and oxygen atoms in total. The number of carbonyl (C=O) groups excluding carboxylic acids is 1. The van der Waals surface area contributed by atoms with Crippen LogP contribution in [0.15, 0.2) is 29.4 Å². The number of benzene rings is 1. The van der Waals surface area contributed by atoms with Gasteiger partial charge in [0.05, 0.1) is 0 Å². The average molecular weight is 235 g/mol. The fourth-order valence-corrected chi connectivity index (χ4v) is 1.40. The Morgan fingerprint density at radius 2 is 2.06 bits per heavy atom. The Kier molecular flexibility index (Phi) is 5.00. The Labute approximate surface area is 100 Å². The zero-order valence-corrected chi connectivity index (χ0v) is 9.81. The first-order chi connectivity index (χ1) is 8.15. The van der Waals surface area contributed by atoms with Crippen LogP contribution in [0, 0.1) is 0 Å². The largest absolute Gasteiger partial charge is 0.409 e. The molecule has 0 aliphatic rings. The summed E-state index contributed by atoms with van der Waals surface area (Å²) in [5, 5.41) is 14.1. The Balaban J connectivity index is 2.59. The standard InChI is InChI=1S/C12H17N3O2/c1-2-3-12(16)14-10-6-4-9(5-7-10)8-11(13)15-17/h4-7,17H,2-3,8H2,1H3,(H2,13,15)(H,14,16). The van der Waals surface area contributed by atoms with Gasteiger partial charge in [-0.15, -0.1) is 0 Å². The number of amides is 1. The molecule has 0 aromatic heterocycles. The van der Waals surface area contributed by atoms with Crippen LogP contribution in [0.25, 0.3) is 0 Å². The van der Waals surface area contributed by atoms with Crippen LogP contribution in [0.1, 0.15) is 25.3 Å². The maximum absolute atomic E-state index is 11.3. The molecule has 0 unspecified atom stereocenters. The number of rotatable bonds is 5. The molecule has 0 aliphatic carbocycles. The van der Waals surface area contributed by atoms with E-state index in [1.807, 2.05) is 19.1 Å². The highest BCUT2D eigenvalue weighted by molar-refractivity contribution is 5.90. The van der Waals surface area contributed by atoms with Crippen molar-refractivity contribution in [3.8, 4) is 0 Å². The molecule has 4 N–H and O–H groups in total. The molecule has 0 saturated heterocycles. The maximum atomic E-state index is 11.3. The number of carbonyl (C=O) groups is 1. The average Bonchev–Trinajstić information content (AvgIpc) is 2.32. The van der Waals surface area contributed by atoms with Crippen molar-refractivity contribution < 1.29 is 10.0 Å². The molecule has 17 heavy (non-hydrogen) atoms. The number of amidine groups is 1. The van der Waals surface area contributed by atoms with Gasteiger partial charge in [0.15, 0.2) is 0 Å². The Morgan fingerprint density at radius 3 is 2.59 bits per heavy atom. The first kappa shape index (κ1) is 13.0. The molecule has 0 heterocycles. The minimum Gasteiger partial charge on any atom is -0.409 e. The van der Waals surface area contributed by atoms with Crippen molar-refractivity contribution in [3.63, 3.8) is 0 Å². The predicted molar refractivity (Wildman–Crippen MR) is 67.1 cm³/mol. The van der Waals surface area contributed by atoms with Crippen LogP contribution in [0.4, 0.5) is 5.69 Å². The lowest BCUT2D eigenvalue weighted by molar-refractivity contribution is -0.116. The summed E-state index contributed by atoms with van der Waals surface area (Å²) in [7, 11) is 0. The fraction of sp³-hybridized carbons (Fsp3) is 0.333. The molecule has 0 aliphatic heterocycles. The van der Waals surface area contributed by atoms with Gasteiger partial charge in [-0.05, 0) is 24.1 Å². The van der Waals surface area contributed by atoms with E-state index in [4.69, 9.17) is 10.9 Å². The summed E-state index contributed by atoms with van der Waals surface area (Å²) in [6.07, 6.45) is 1.74. The number of hydrogen-bond donors (Lipinski definition) is 3. The van der Waals surface area contributed by atoms with E-state index in [1.54, 1.807) is 12.1 Å². The highest BCUT2D eigenvalue weighted by Gasteiger charge is 2.01. The molecular formula is C12H17N3O2. The van der Waals surface area contributed by atoms with Gasteiger partial charge in [-0.3, -0.25) is 4.79 Å². The minimum absolute atomic E-state index is 0.0108. The highest BCUT2D eigenvalue weighted by Crippen LogP contribution is 2.10. The van der Waals surface area contributed by atoms with Gasteiger partial charge in [0.2, 0.25) is 5.91 Å². The Morgan fingerprint density at radius 1 is 1.41 bits per heavy atom. The molecule has 1 aromatic rings. The molecule has 0 fully saturated rings. The van der Waals surface area contributed by atoms with Gasteiger partial charge in [0.1, 0.15) is 5.84 Å². The smallest absolute Gasteiger partial charge is 0.224 e. The monoisotopic (exact) mass is 235 g/mol. The van der Waals surface area contributed by atoms with Crippen LogP contribution < -0.4 is 11.1 Å². The molecule has 0 atom stereocenters. The van der Waals surface area contributed by atoms with Crippen molar-refractivity contribution in [2.24, 2.45) is 10.9 Å². The van der Waals surface area contributed by atoms with E-state index in [0.717, 1.165) is 17.7 Å². The van der Waals surface area contributed by atoms with Crippen LogP contribution in [-0.2, 0) is 11.2 Å². The van der Waals surface area contributed by atoms with E-state index in [2.05, 4.69) is 10.5 Å². The SMILES string of the molecule is CCCC(=O)Nc1ccc(CC(N)=NO)cc1. The second-order valence-electron chi connectivity index (χ2n) is 3.76. The van der Waals surface area contributed by atoms with E-state index < -0.39 is 0 Å². The van der Waals surface area contributed by atoms with Crippen LogP contribution in [-0.4, -0.2) is 17.0 Å². The molecule has 0 radical (unpaired) electrons. The van der Waals surface area contributed by atoms with Crippen LogP contribution in [0.5, 0.6) is 0 Å². The van der Waals surface area contributed by atoms with Crippen LogP contribution in [0.2, 0.25) is 0 Å². The molecule has 92 valence electrons. The number of oxime groups is 1. The van der Waals surface area contributed by atoms with Crippen molar-refractivity contribution in [1.82, 2.24) is 0 Å². The number of nitrogens with one attached hydrogen (secondary N) is 1. The topological polar surface area (TPSA) is 87.7 Å². The van der Waals surface area contributed by atoms with Crippen molar-refractivity contribution in [3.05, 3.63) is 29.8 Å².